The smallest absolute Gasteiger partial charge is 0.245 e. The van der Waals surface area contributed by atoms with Gasteiger partial charge in [0.15, 0.2) is 0 Å². The number of carbonyl (C=O) groups is 1. The topological polar surface area (TPSA) is 83.7 Å². The molecule has 1 fully saturated rings. The minimum absolute atomic E-state index is 0.0963. The number of nitriles is 1. The molecule has 1 aliphatic heterocycles. The largest absolute Gasteiger partial charge is 0.507 e. The van der Waals surface area contributed by atoms with Crippen LogP contribution in [0.3, 0.4) is 0 Å². The van der Waals surface area contributed by atoms with Crippen molar-refractivity contribution in [2.75, 3.05) is 45.7 Å². The van der Waals surface area contributed by atoms with Crippen molar-refractivity contribution in [3.05, 3.63) is 66.2 Å². The SMILES string of the molecule is CN(C)CCN(C)C(=O)[C@@H]1CCCN1c1cc(-c2ccc(C#N)cc2)cc(-c2ccccc2O)n1. The average Bonchev–Trinajstić information content (AvgIpc) is 3.37. The molecular formula is C28H31N5O2. The fourth-order valence-corrected chi connectivity index (χ4v) is 4.41. The molecule has 0 radical (unpaired) electrons. The zero-order valence-electron chi connectivity index (χ0n) is 20.5. The monoisotopic (exact) mass is 469 g/mol. The highest BCUT2D eigenvalue weighted by molar-refractivity contribution is 5.86. The van der Waals surface area contributed by atoms with E-state index >= 15 is 0 Å². The summed E-state index contributed by atoms with van der Waals surface area (Å²) in [5, 5.41) is 19.7. The van der Waals surface area contributed by atoms with Crippen LogP contribution in [0.2, 0.25) is 0 Å². The lowest BCUT2D eigenvalue weighted by Crippen LogP contribution is -2.46. The molecule has 1 aromatic heterocycles. The molecule has 2 aromatic carbocycles. The van der Waals surface area contributed by atoms with Gasteiger partial charge >= 0.3 is 0 Å². The number of hydrogen-bond donors (Lipinski definition) is 1. The van der Waals surface area contributed by atoms with Gasteiger partial charge in [0.05, 0.1) is 17.3 Å². The molecule has 0 saturated carbocycles. The Morgan fingerprint density at radius 2 is 1.83 bits per heavy atom. The fraction of sp³-hybridized carbons (Fsp3) is 0.321. The maximum atomic E-state index is 13.3. The summed E-state index contributed by atoms with van der Waals surface area (Å²) in [5.41, 5.74) is 3.72. The fourth-order valence-electron chi connectivity index (χ4n) is 4.41. The van der Waals surface area contributed by atoms with Gasteiger partial charge in [0.1, 0.15) is 17.6 Å². The summed E-state index contributed by atoms with van der Waals surface area (Å²) in [6.07, 6.45) is 1.69. The summed E-state index contributed by atoms with van der Waals surface area (Å²) in [4.78, 5) is 24.2. The van der Waals surface area contributed by atoms with Crippen molar-refractivity contribution in [3.8, 4) is 34.2 Å². The van der Waals surface area contributed by atoms with Gasteiger partial charge in [-0.1, -0.05) is 24.3 Å². The van der Waals surface area contributed by atoms with Crippen molar-refractivity contribution in [3.63, 3.8) is 0 Å². The number of rotatable bonds is 7. The first kappa shape index (κ1) is 24.2. The van der Waals surface area contributed by atoms with Crippen molar-refractivity contribution in [2.45, 2.75) is 18.9 Å². The van der Waals surface area contributed by atoms with Gasteiger partial charge in [-0.15, -0.1) is 0 Å². The number of carbonyl (C=O) groups excluding carboxylic acids is 1. The minimum atomic E-state index is -0.275. The second-order valence-corrected chi connectivity index (χ2v) is 9.22. The summed E-state index contributed by atoms with van der Waals surface area (Å²) >= 11 is 0. The number of pyridine rings is 1. The van der Waals surface area contributed by atoms with Gasteiger partial charge in [0, 0.05) is 32.2 Å². The lowest BCUT2D eigenvalue weighted by atomic mass is 10.0. The third-order valence-corrected chi connectivity index (χ3v) is 6.43. The number of anilines is 1. The molecule has 1 atom stereocenters. The number of aromatic nitrogens is 1. The Labute approximate surface area is 206 Å². The third kappa shape index (κ3) is 5.44. The summed E-state index contributed by atoms with van der Waals surface area (Å²) < 4.78 is 0. The van der Waals surface area contributed by atoms with Crippen LogP contribution in [0.4, 0.5) is 5.82 Å². The molecule has 1 amide bonds. The second-order valence-electron chi connectivity index (χ2n) is 9.22. The molecule has 0 spiro atoms. The summed E-state index contributed by atoms with van der Waals surface area (Å²) in [5.74, 6) is 0.960. The Balaban J connectivity index is 1.74. The van der Waals surface area contributed by atoms with Gasteiger partial charge in [0.25, 0.3) is 0 Å². The van der Waals surface area contributed by atoms with Crippen LogP contribution in [0.15, 0.2) is 60.7 Å². The normalized spacial score (nSPS) is 15.3. The molecule has 7 nitrogen and oxygen atoms in total. The summed E-state index contributed by atoms with van der Waals surface area (Å²) in [7, 11) is 5.86. The number of likely N-dealkylation sites (N-methyl/N-ethyl adjacent to an activating group) is 2. The molecule has 0 unspecified atom stereocenters. The molecule has 4 rings (SSSR count). The molecule has 1 N–H and O–H groups in total. The van der Waals surface area contributed by atoms with E-state index in [1.807, 2.05) is 57.5 Å². The first-order valence-electron chi connectivity index (χ1n) is 11.8. The zero-order chi connectivity index (χ0) is 24.9. The van der Waals surface area contributed by atoms with Gasteiger partial charge in [-0.2, -0.15) is 5.26 Å². The van der Waals surface area contributed by atoms with Crippen molar-refractivity contribution < 1.29 is 9.90 Å². The number of phenols is 1. The van der Waals surface area contributed by atoms with E-state index in [0.717, 1.165) is 37.1 Å². The highest BCUT2D eigenvalue weighted by atomic mass is 16.3. The van der Waals surface area contributed by atoms with E-state index in [2.05, 4.69) is 15.9 Å². The van der Waals surface area contributed by atoms with Gasteiger partial charge in [0.2, 0.25) is 5.91 Å². The van der Waals surface area contributed by atoms with Gasteiger partial charge in [-0.25, -0.2) is 4.98 Å². The highest BCUT2D eigenvalue weighted by Gasteiger charge is 2.34. The van der Waals surface area contributed by atoms with Crippen molar-refractivity contribution in [2.24, 2.45) is 0 Å². The Morgan fingerprint density at radius 3 is 2.51 bits per heavy atom. The van der Waals surface area contributed by atoms with Crippen LogP contribution < -0.4 is 4.90 Å². The molecule has 1 aliphatic rings. The zero-order valence-corrected chi connectivity index (χ0v) is 20.5. The quantitative estimate of drug-likeness (QED) is 0.564. The van der Waals surface area contributed by atoms with Gasteiger partial charge in [-0.05, 0) is 74.5 Å². The molecule has 0 bridgehead atoms. The van der Waals surface area contributed by atoms with E-state index in [0.29, 0.717) is 29.2 Å². The minimum Gasteiger partial charge on any atom is -0.507 e. The lowest BCUT2D eigenvalue weighted by Gasteiger charge is -2.30. The summed E-state index contributed by atoms with van der Waals surface area (Å²) in [6.45, 7) is 2.21. The Hall–Kier alpha value is -3.89. The van der Waals surface area contributed by atoms with Crippen molar-refractivity contribution in [1.29, 1.82) is 5.26 Å². The molecule has 180 valence electrons. The predicted molar refractivity (Wildman–Crippen MR) is 138 cm³/mol. The third-order valence-electron chi connectivity index (χ3n) is 6.43. The van der Waals surface area contributed by atoms with Crippen LogP contribution in [-0.2, 0) is 4.79 Å². The van der Waals surface area contributed by atoms with Crippen LogP contribution in [0.1, 0.15) is 18.4 Å². The van der Waals surface area contributed by atoms with E-state index in [-0.39, 0.29) is 17.7 Å². The van der Waals surface area contributed by atoms with Crippen LogP contribution in [0.25, 0.3) is 22.4 Å². The second kappa shape index (κ2) is 10.6. The molecular weight excluding hydrogens is 438 g/mol. The van der Waals surface area contributed by atoms with E-state index in [1.54, 1.807) is 29.2 Å². The molecule has 0 aliphatic carbocycles. The maximum absolute atomic E-state index is 13.3. The summed E-state index contributed by atoms with van der Waals surface area (Å²) in [6, 6.07) is 20.3. The molecule has 1 saturated heterocycles. The molecule has 7 heteroatoms. The van der Waals surface area contributed by atoms with Gasteiger partial charge < -0.3 is 19.8 Å². The number of phenolic OH excluding ortho intramolecular Hbond substituents is 1. The number of aromatic hydroxyl groups is 1. The van der Waals surface area contributed by atoms with Crippen LogP contribution in [-0.4, -0.2) is 72.6 Å². The van der Waals surface area contributed by atoms with E-state index < -0.39 is 0 Å². The lowest BCUT2D eigenvalue weighted by molar-refractivity contribution is -0.131. The number of hydrogen-bond acceptors (Lipinski definition) is 6. The van der Waals surface area contributed by atoms with E-state index in [4.69, 9.17) is 4.98 Å². The van der Waals surface area contributed by atoms with Crippen LogP contribution in [0.5, 0.6) is 5.75 Å². The van der Waals surface area contributed by atoms with Gasteiger partial charge in [-0.3, -0.25) is 4.79 Å². The van der Waals surface area contributed by atoms with Crippen molar-refractivity contribution in [1.82, 2.24) is 14.8 Å². The first-order chi connectivity index (χ1) is 16.9. The predicted octanol–water partition coefficient (Wildman–Crippen LogP) is 3.98. The Bertz CT molecular complexity index is 1230. The van der Waals surface area contributed by atoms with E-state index in [9.17, 15) is 15.2 Å². The number of amides is 1. The molecule has 3 aromatic rings. The standard InChI is InChI=1S/C28H31N5O2/c1-31(2)15-16-32(3)28(35)25-8-6-14-33(25)27-18-22(21-12-10-20(19-29)11-13-21)17-24(30-27)23-7-4-5-9-26(23)34/h4-5,7,9-13,17-18,25,34H,6,8,14-16H2,1-3H3/t25-/m0/s1. The van der Waals surface area contributed by atoms with Crippen molar-refractivity contribution >= 4 is 11.7 Å². The Morgan fingerprint density at radius 1 is 1.09 bits per heavy atom. The first-order valence-corrected chi connectivity index (χ1v) is 11.8. The van der Waals surface area contributed by atoms with Crippen LogP contribution in [0, 0.1) is 11.3 Å². The number of para-hydroxylation sites is 1. The number of benzene rings is 2. The number of nitrogens with zero attached hydrogens (tertiary/aromatic N) is 5. The van der Waals surface area contributed by atoms with E-state index in [1.165, 1.54) is 0 Å². The highest BCUT2D eigenvalue weighted by Crippen LogP contribution is 2.35. The molecule has 35 heavy (non-hydrogen) atoms. The molecule has 2 heterocycles. The Kier molecular flexibility index (Phi) is 7.33. The maximum Gasteiger partial charge on any atom is 0.245 e. The average molecular weight is 470 g/mol. The van der Waals surface area contributed by atoms with Crippen LogP contribution >= 0.6 is 0 Å².